The smallest absolute Gasteiger partial charge is 0.322 e. The van der Waals surface area contributed by atoms with Crippen LogP contribution in [0.2, 0.25) is 5.02 Å². The molecule has 0 aliphatic carbocycles. The van der Waals surface area contributed by atoms with Crippen molar-refractivity contribution in [3.05, 3.63) is 65.0 Å². The zero-order chi connectivity index (χ0) is 26.8. The molecule has 1 amide bonds. The van der Waals surface area contributed by atoms with E-state index in [1.54, 1.807) is 38.1 Å². The maximum absolute atomic E-state index is 12.8. The Kier molecular flexibility index (Phi) is 8.02. The first-order valence-corrected chi connectivity index (χ1v) is 15.0. The van der Waals surface area contributed by atoms with Crippen LogP contribution in [0.5, 0.6) is 0 Å². The second-order valence-electron chi connectivity index (χ2n) is 9.04. The van der Waals surface area contributed by atoms with Crippen LogP contribution < -0.4 is 5.32 Å². The molecule has 4 rings (SSSR count). The van der Waals surface area contributed by atoms with Crippen molar-refractivity contribution in [1.82, 2.24) is 14.5 Å². The Bertz CT molecular complexity index is 1460. The Morgan fingerprint density at radius 2 is 1.59 bits per heavy atom. The number of sulfone groups is 1. The fourth-order valence-electron chi connectivity index (χ4n) is 3.94. The lowest BCUT2D eigenvalue weighted by Crippen LogP contribution is -2.41. The third-order valence-electron chi connectivity index (χ3n) is 6.20. The second-order valence-corrected chi connectivity index (χ2v) is 13.9. The van der Waals surface area contributed by atoms with E-state index in [4.69, 9.17) is 16.0 Å². The standard InChI is InChI=1S/C24H27ClN4O6S2/c1-16(2)36(31,32)20-7-3-17(4-8-20)15-22-27-28-24(35-22)26-23(30)18-11-13-29(14-12-18)37(33,34)21-9-5-19(25)6-10-21/h3-10,16,18H,11-15H2,1-2H3,(H,26,28,30). The van der Waals surface area contributed by atoms with Crippen LogP contribution in [0.25, 0.3) is 0 Å². The first-order chi connectivity index (χ1) is 17.5. The summed E-state index contributed by atoms with van der Waals surface area (Å²) in [5, 5.41) is 10.4. The quantitative estimate of drug-likeness (QED) is 0.437. The highest BCUT2D eigenvalue weighted by atomic mass is 35.5. The van der Waals surface area contributed by atoms with Crippen molar-refractivity contribution in [3.63, 3.8) is 0 Å². The third-order valence-corrected chi connectivity index (χ3v) is 10.5. The molecule has 1 N–H and O–H groups in total. The lowest BCUT2D eigenvalue weighted by molar-refractivity contribution is -0.121. The van der Waals surface area contributed by atoms with Crippen molar-refractivity contribution >= 4 is 43.4 Å². The molecular formula is C24H27ClN4O6S2. The van der Waals surface area contributed by atoms with Crippen molar-refractivity contribution in [2.45, 2.75) is 48.2 Å². The van der Waals surface area contributed by atoms with Gasteiger partial charge in [0.15, 0.2) is 9.84 Å². The summed E-state index contributed by atoms with van der Waals surface area (Å²) in [7, 11) is -7.01. The second kappa shape index (κ2) is 10.9. The molecule has 1 aliphatic rings. The number of hydrogen-bond acceptors (Lipinski definition) is 8. The number of nitrogens with zero attached hydrogens (tertiary/aromatic N) is 3. The van der Waals surface area contributed by atoms with E-state index >= 15 is 0 Å². The highest BCUT2D eigenvalue weighted by molar-refractivity contribution is 7.92. The molecule has 198 valence electrons. The molecule has 0 spiro atoms. The van der Waals surface area contributed by atoms with Gasteiger partial charge in [-0.1, -0.05) is 28.8 Å². The summed E-state index contributed by atoms with van der Waals surface area (Å²) < 4.78 is 57.1. The number of piperidine rings is 1. The van der Waals surface area contributed by atoms with Crippen molar-refractivity contribution in [2.24, 2.45) is 5.92 Å². The van der Waals surface area contributed by atoms with Gasteiger partial charge < -0.3 is 4.42 Å². The van der Waals surface area contributed by atoms with E-state index in [9.17, 15) is 21.6 Å². The van der Waals surface area contributed by atoms with Crippen molar-refractivity contribution in [3.8, 4) is 0 Å². The number of rotatable bonds is 8. The Hall–Kier alpha value is -2.80. The molecule has 1 saturated heterocycles. The summed E-state index contributed by atoms with van der Waals surface area (Å²) in [4.78, 5) is 13.1. The van der Waals surface area contributed by atoms with E-state index in [0.29, 0.717) is 17.9 Å². The fourth-order valence-corrected chi connectivity index (χ4v) is 6.60. The molecule has 1 fully saturated rings. The molecule has 0 bridgehead atoms. The number of benzene rings is 2. The van der Waals surface area contributed by atoms with Crippen LogP contribution in [0.4, 0.5) is 6.01 Å². The van der Waals surface area contributed by atoms with Crippen LogP contribution in [0.1, 0.15) is 38.1 Å². The molecule has 0 atom stereocenters. The lowest BCUT2D eigenvalue weighted by atomic mass is 9.97. The van der Waals surface area contributed by atoms with E-state index < -0.39 is 31.0 Å². The zero-order valence-corrected chi connectivity index (χ0v) is 22.7. The highest BCUT2D eigenvalue weighted by Crippen LogP contribution is 2.26. The minimum absolute atomic E-state index is 0.0461. The number of sulfonamides is 1. The lowest BCUT2D eigenvalue weighted by Gasteiger charge is -2.30. The third kappa shape index (κ3) is 6.20. The first-order valence-electron chi connectivity index (χ1n) is 11.7. The molecule has 3 aromatic rings. The van der Waals surface area contributed by atoms with E-state index in [0.717, 1.165) is 5.56 Å². The number of aromatic nitrogens is 2. The summed E-state index contributed by atoms with van der Waals surface area (Å²) in [5.41, 5.74) is 0.776. The average Bonchev–Trinajstić information content (AvgIpc) is 3.31. The zero-order valence-electron chi connectivity index (χ0n) is 20.3. The van der Waals surface area contributed by atoms with Gasteiger partial charge in [-0.25, -0.2) is 16.8 Å². The summed E-state index contributed by atoms with van der Waals surface area (Å²) in [6.07, 6.45) is 0.975. The van der Waals surface area contributed by atoms with Crippen LogP contribution in [-0.4, -0.2) is 55.6 Å². The number of halogens is 1. The van der Waals surface area contributed by atoms with E-state index in [2.05, 4.69) is 15.5 Å². The molecular weight excluding hydrogens is 540 g/mol. The molecule has 2 aromatic carbocycles. The molecule has 2 heterocycles. The Morgan fingerprint density at radius 3 is 2.19 bits per heavy atom. The van der Waals surface area contributed by atoms with Gasteiger partial charge in [0.25, 0.3) is 0 Å². The van der Waals surface area contributed by atoms with Gasteiger partial charge in [0.2, 0.25) is 21.8 Å². The molecule has 0 radical (unpaired) electrons. The summed E-state index contributed by atoms with van der Waals surface area (Å²) in [6.45, 7) is 3.68. The van der Waals surface area contributed by atoms with E-state index in [1.165, 1.54) is 28.6 Å². The average molecular weight is 567 g/mol. The molecule has 13 heteroatoms. The molecule has 1 aliphatic heterocycles. The van der Waals surface area contributed by atoms with Gasteiger partial charge >= 0.3 is 6.01 Å². The summed E-state index contributed by atoms with van der Waals surface area (Å²) in [5.74, 6) is -0.455. The van der Waals surface area contributed by atoms with E-state index in [1.807, 2.05) is 0 Å². The largest absolute Gasteiger partial charge is 0.407 e. The van der Waals surface area contributed by atoms with Crippen LogP contribution in [0, 0.1) is 5.92 Å². The summed E-state index contributed by atoms with van der Waals surface area (Å²) in [6, 6.07) is 12.4. The topological polar surface area (TPSA) is 140 Å². The predicted molar refractivity (Wildman–Crippen MR) is 137 cm³/mol. The van der Waals surface area contributed by atoms with Crippen molar-refractivity contribution in [2.75, 3.05) is 18.4 Å². The van der Waals surface area contributed by atoms with Gasteiger partial charge in [-0.15, -0.1) is 5.10 Å². The monoisotopic (exact) mass is 566 g/mol. The minimum Gasteiger partial charge on any atom is -0.407 e. The van der Waals surface area contributed by atoms with Crippen molar-refractivity contribution < 1.29 is 26.0 Å². The molecule has 0 unspecified atom stereocenters. The number of anilines is 1. The Labute approximate surface area is 221 Å². The number of carbonyl (C=O) groups is 1. The van der Waals surface area contributed by atoms with Crippen LogP contribution >= 0.6 is 11.6 Å². The maximum Gasteiger partial charge on any atom is 0.322 e. The highest BCUT2D eigenvalue weighted by Gasteiger charge is 2.32. The Balaban J connectivity index is 1.31. The molecule has 10 nitrogen and oxygen atoms in total. The van der Waals surface area contributed by atoms with Crippen LogP contribution in [-0.2, 0) is 31.1 Å². The van der Waals surface area contributed by atoms with Gasteiger partial charge in [0, 0.05) is 24.0 Å². The van der Waals surface area contributed by atoms with E-state index in [-0.39, 0.29) is 47.1 Å². The van der Waals surface area contributed by atoms with Crippen LogP contribution in [0.3, 0.4) is 0 Å². The first kappa shape index (κ1) is 27.2. The number of amides is 1. The number of carbonyl (C=O) groups excluding carboxylic acids is 1. The maximum atomic E-state index is 12.8. The van der Waals surface area contributed by atoms with Gasteiger partial charge in [0.05, 0.1) is 21.5 Å². The Morgan fingerprint density at radius 1 is 1.00 bits per heavy atom. The SMILES string of the molecule is CC(C)S(=O)(=O)c1ccc(Cc2nnc(NC(=O)C3CCN(S(=O)(=O)c4ccc(Cl)cc4)CC3)o2)cc1. The van der Waals surface area contributed by atoms with Gasteiger partial charge in [0.1, 0.15) is 0 Å². The molecule has 1 aromatic heterocycles. The van der Waals surface area contributed by atoms with Gasteiger partial charge in [-0.2, -0.15) is 4.31 Å². The van der Waals surface area contributed by atoms with Gasteiger partial charge in [-0.3, -0.25) is 10.1 Å². The number of nitrogens with one attached hydrogen (secondary N) is 1. The fraction of sp³-hybridized carbons (Fsp3) is 0.375. The van der Waals surface area contributed by atoms with Crippen LogP contribution in [0.15, 0.2) is 62.7 Å². The molecule has 37 heavy (non-hydrogen) atoms. The number of hydrogen-bond donors (Lipinski definition) is 1. The minimum atomic E-state index is -3.66. The van der Waals surface area contributed by atoms with Crippen molar-refractivity contribution in [1.29, 1.82) is 0 Å². The van der Waals surface area contributed by atoms with Gasteiger partial charge in [-0.05, 0) is 68.7 Å². The normalized spacial score (nSPS) is 15.7. The summed E-state index contributed by atoms with van der Waals surface area (Å²) >= 11 is 5.85. The predicted octanol–water partition coefficient (Wildman–Crippen LogP) is 3.54. The molecule has 0 saturated carbocycles.